The molecule has 0 bridgehead atoms. The summed E-state index contributed by atoms with van der Waals surface area (Å²) < 4.78 is 5.57. The summed E-state index contributed by atoms with van der Waals surface area (Å²) in [6, 6.07) is 26.8. The largest absolute Gasteiger partial charge is 0.484 e. The predicted molar refractivity (Wildman–Crippen MR) is 138 cm³/mol. The molecule has 0 unspecified atom stereocenters. The third kappa shape index (κ3) is 8.41. The summed E-state index contributed by atoms with van der Waals surface area (Å²) in [5.74, 6) is 1.01. The zero-order valence-corrected chi connectivity index (χ0v) is 20.1. The van der Waals surface area contributed by atoms with Crippen LogP contribution in [0.4, 0.5) is 0 Å². The first-order valence-electron chi connectivity index (χ1n) is 11.1. The van der Waals surface area contributed by atoms with Crippen LogP contribution in [0.1, 0.15) is 36.6 Å². The van der Waals surface area contributed by atoms with Gasteiger partial charge in [-0.2, -0.15) is 5.10 Å². The number of ether oxygens (including phenoxy) is 1. The van der Waals surface area contributed by atoms with Crippen molar-refractivity contribution in [1.29, 1.82) is 0 Å². The fourth-order valence-corrected chi connectivity index (χ4v) is 3.88. The molecule has 6 nitrogen and oxygen atoms in total. The maximum Gasteiger partial charge on any atom is 0.258 e. The second kappa shape index (κ2) is 13.2. The van der Waals surface area contributed by atoms with Crippen molar-refractivity contribution in [1.82, 2.24) is 10.7 Å². The number of nitrogens with one attached hydrogen (secondary N) is 2. The van der Waals surface area contributed by atoms with Gasteiger partial charge in [0.05, 0.1) is 17.5 Å². The van der Waals surface area contributed by atoms with Crippen LogP contribution in [-0.4, -0.2) is 29.9 Å². The Morgan fingerprint density at radius 2 is 1.59 bits per heavy atom. The van der Waals surface area contributed by atoms with Gasteiger partial charge in [-0.15, -0.1) is 11.8 Å². The number of hydrogen-bond acceptors (Lipinski definition) is 5. The molecule has 7 heteroatoms. The number of carbonyl (C=O) groups is 2. The number of carbonyl (C=O) groups excluding carboxylic acids is 2. The number of thioether (sulfide) groups is 1. The monoisotopic (exact) mass is 475 g/mol. The van der Waals surface area contributed by atoms with Crippen LogP contribution in [0.2, 0.25) is 0 Å². The van der Waals surface area contributed by atoms with Crippen LogP contribution in [0.15, 0.2) is 90.0 Å². The van der Waals surface area contributed by atoms with E-state index in [1.807, 2.05) is 86.6 Å². The first-order chi connectivity index (χ1) is 16.5. The zero-order chi connectivity index (χ0) is 24.2. The smallest absolute Gasteiger partial charge is 0.258 e. The van der Waals surface area contributed by atoms with Gasteiger partial charge in [0.15, 0.2) is 6.61 Å². The summed E-state index contributed by atoms with van der Waals surface area (Å²) in [6.07, 6.45) is 1.57. The van der Waals surface area contributed by atoms with Gasteiger partial charge in [-0.1, -0.05) is 60.7 Å². The van der Waals surface area contributed by atoms with Gasteiger partial charge in [0, 0.05) is 5.75 Å². The van der Waals surface area contributed by atoms with Gasteiger partial charge in [0.2, 0.25) is 0 Å². The van der Waals surface area contributed by atoms with Crippen molar-refractivity contribution in [3.05, 3.63) is 102 Å². The number of rotatable bonds is 11. The van der Waals surface area contributed by atoms with Crippen LogP contribution < -0.4 is 15.5 Å². The standard InChI is InChI=1S/C27H29N3O3S/c1-20(24-11-7-4-8-12-24)29-26(31)18-33-25-15-13-22(14-16-25)17-28-30-27(32)21(2)34-19-23-9-5-3-6-10-23/h3-17,20-21H,18-19H2,1-2H3,(H,29,31)(H,30,32)/b28-17-/t20-,21+/m1/s1. The van der Waals surface area contributed by atoms with Gasteiger partial charge in [-0.3, -0.25) is 9.59 Å². The molecule has 3 aromatic carbocycles. The van der Waals surface area contributed by atoms with Crippen molar-refractivity contribution in [2.24, 2.45) is 5.10 Å². The van der Waals surface area contributed by atoms with Gasteiger partial charge in [-0.25, -0.2) is 5.43 Å². The maximum absolute atomic E-state index is 12.2. The molecule has 3 aromatic rings. The number of hydrogen-bond donors (Lipinski definition) is 2. The first-order valence-corrected chi connectivity index (χ1v) is 12.1. The van der Waals surface area contributed by atoms with Crippen molar-refractivity contribution < 1.29 is 14.3 Å². The number of benzene rings is 3. The second-order valence-electron chi connectivity index (χ2n) is 7.73. The molecule has 176 valence electrons. The molecule has 2 atom stereocenters. The molecule has 0 saturated carbocycles. The van der Waals surface area contributed by atoms with E-state index < -0.39 is 0 Å². The van der Waals surface area contributed by atoms with E-state index in [-0.39, 0.29) is 29.7 Å². The molecular weight excluding hydrogens is 446 g/mol. The van der Waals surface area contributed by atoms with E-state index in [4.69, 9.17) is 4.74 Å². The SMILES string of the molecule is C[C@H](SCc1ccccc1)C(=O)N/N=C\c1ccc(OCC(=O)N[C@H](C)c2ccccc2)cc1. The molecule has 0 radical (unpaired) electrons. The van der Waals surface area contributed by atoms with E-state index >= 15 is 0 Å². The van der Waals surface area contributed by atoms with Crippen LogP contribution >= 0.6 is 11.8 Å². The van der Waals surface area contributed by atoms with Crippen molar-refractivity contribution in [2.75, 3.05) is 6.61 Å². The van der Waals surface area contributed by atoms with E-state index in [0.717, 1.165) is 16.9 Å². The normalized spacial score (nSPS) is 12.6. The fourth-order valence-electron chi connectivity index (χ4n) is 3.04. The minimum Gasteiger partial charge on any atom is -0.484 e. The molecule has 2 N–H and O–H groups in total. The molecular formula is C27H29N3O3S. The summed E-state index contributed by atoms with van der Waals surface area (Å²) >= 11 is 1.56. The Hall–Kier alpha value is -3.58. The Bertz CT molecular complexity index is 1070. The Kier molecular flexibility index (Phi) is 9.73. The Balaban J connectivity index is 1.38. The van der Waals surface area contributed by atoms with Crippen LogP contribution in [0.3, 0.4) is 0 Å². The summed E-state index contributed by atoms with van der Waals surface area (Å²) in [6.45, 7) is 3.73. The zero-order valence-electron chi connectivity index (χ0n) is 19.3. The number of hydrazone groups is 1. The summed E-state index contributed by atoms with van der Waals surface area (Å²) in [5, 5.41) is 6.74. The lowest BCUT2D eigenvalue weighted by atomic mass is 10.1. The number of nitrogens with zero attached hydrogens (tertiary/aromatic N) is 1. The first kappa shape index (κ1) is 25.1. The molecule has 0 spiro atoms. The maximum atomic E-state index is 12.2. The van der Waals surface area contributed by atoms with Crippen molar-refractivity contribution in [2.45, 2.75) is 30.9 Å². The van der Waals surface area contributed by atoms with Crippen LogP contribution in [0, 0.1) is 0 Å². The third-order valence-corrected chi connectivity index (χ3v) is 6.24. The van der Waals surface area contributed by atoms with Crippen LogP contribution in [0.25, 0.3) is 0 Å². The lowest BCUT2D eigenvalue weighted by molar-refractivity contribution is -0.123. The van der Waals surface area contributed by atoms with Crippen molar-refractivity contribution in [3.8, 4) is 5.75 Å². The molecule has 2 amide bonds. The Labute approximate surface area is 204 Å². The molecule has 0 aliphatic carbocycles. The summed E-state index contributed by atoms with van der Waals surface area (Å²) in [7, 11) is 0. The van der Waals surface area contributed by atoms with Gasteiger partial charge in [0.1, 0.15) is 5.75 Å². The number of amides is 2. The lowest BCUT2D eigenvalue weighted by Crippen LogP contribution is -2.31. The Morgan fingerprint density at radius 3 is 2.26 bits per heavy atom. The molecule has 0 fully saturated rings. The van der Waals surface area contributed by atoms with E-state index in [1.54, 1.807) is 30.1 Å². The lowest BCUT2D eigenvalue weighted by Gasteiger charge is -2.14. The molecule has 0 aliphatic rings. The van der Waals surface area contributed by atoms with Gasteiger partial charge in [0.25, 0.3) is 11.8 Å². The second-order valence-corrected chi connectivity index (χ2v) is 9.06. The van der Waals surface area contributed by atoms with Crippen LogP contribution in [-0.2, 0) is 15.3 Å². The molecule has 0 saturated heterocycles. The highest BCUT2D eigenvalue weighted by Gasteiger charge is 2.12. The quantitative estimate of drug-likeness (QED) is 0.311. The fraction of sp³-hybridized carbons (Fsp3) is 0.222. The molecule has 0 aliphatic heterocycles. The van der Waals surface area contributed by atoms with E-state index in [9.17, 15) is 9.59 Å². The molecule has 0 aromatic heterocycles. The highest BCUT2D eigenvalue weighted by Crippen LogP contribution is 2.17. The third-order valence-electron chi connectivity index (χ3n) is 5.03. The predicted octanol–water partition coefficient (Wildman–Crippen LogP) is 4.71. The molecule has 34 heavy (non-hydrogen) atoms. The molecule has 3 rings (SSSR count). The van der Waals surface area contributed by atoms with Crippen molar-refractivity contribution >= 4 is 29.8 Å². The molecule has 0 heterocycles. The minimum absolute atomic E-state index is 0.0702. The summed E-state index contributed by atoms with van der Waals surface area (Å²) in [5.41, 5.74) is 5.60. The van der Waals surface area contributed by atoms with E-state index in [0.29, 0.717) is 5.75 Å². The van der Waals surface area contributed by atoms with Gasteiger partial charge >= 0.3 is 0 Å². The Morgan fingerprint density at radius 1 is 0.941 bits per heavy atom. The average Bonchev–Trinajstić information content (AvgIpc) is 2.87. The van der Waals surface area contributed by atoms with E-state index in [2.05, 4.69) is 15.8 Å². The van der Waals surface area contributed by atoms with Gasteiger partial charge < -0.3 is 10.1 Å². The highest BCUT2D eigenvalue weighted by atomic mass is 32.2. The average molecular weight is 476 g/mol. The summed E-state index contributed by atoms with van der Waals surface area (Å²) in [4.78, 5) is 24.4. The van der Waals surface area contributed by atoms with Gasteiger partial charge in [-0.05, 0) is 54.8 Å². The highest BCUT2D eigenvalue weighted by molar-refractivity contribution is 7.99. The topological polar surface area (TPSA) is 79.8 Å². The van der Waals surface area contributed by atoms with E-state index in [1.165, 1.54) is 5.56 Å². The van der Waals surface area contributed by atoms with Crippen LogP contribution in [0.5, 0.6) is 5.75 Å². The van der Waals surface area contributed by atoms with Crippen molar-refractivity contribution in [3.63, 3.8) is 0 Å². The minimum atomic E-state index is -0.219.